The van der Waals surface area contributed by atoms with Gasteiger partial charge in [0.1, 0.15) is 5.82 Å². The summed E-state index contributed by atoms with van der Waals surface area (Å²) in [4.78, 5) is 16.2. The number of fused-ring (bicyclic) bond motifs is 1. The average Bonchev–Trinajstić information content (AvgIpc) is 3.36. The van der Waals surface area contributed by atoms with Gasteiger partial charge >= 0.3 is 0 Å². The molecule has 0 radical (unpaired) electrons. The number of nitrogens with zero attached hydrogens (tertiary/aromatic N) is 7. The first-order valence-electron chi connectivity index (χ1n) is 10.2. The van der Waals surface area contributed by atoms with Crippen LogP contribution in [-0.4, -0.2) is 47.1 Å². The third-order valence-electron chi connectivity index (χ3n) is 5.69. The van der Waals surface area contributed by atoms with Gasteiger partial charge in [-0.25, -0.2) is 14.5 Å². The van der Waals surface area contributed by atoms with Crippen molar-refractivity contribution in [2.75, 3.05) is 13.1 Å². The molecule has 1 fully saturated rings. The van der Waals surface area contributed by atoms with E-state index in [9.17, 15) is 0 Å². The molecule has 4 aromatic rings. The normalized spacial score (nSPS) is 17.8. The lowest BCUT2D eigenvalue weighted by Crippen LogP contribution is -2.36. The maximum atomic E-state index is 4.74. The molecule has 1 atom stereocenters. The number of rotatable bonds is 4. The zero-order valence-electron chi connectivity index (χ0n) is 16.9. The predicted molar refractivity (Wildman–Crippen MR) is 111 cm³/mol. The third kappa shape index (κ3) is 3.42. The van der Waals surface area contributed by atoms with Gasteiger partial charge in [0, 0.05) is 55.3 Å². The zero-order chi connectivity index (χ0) is 19.8. The van der Waals surface area contributed by atoms with E-state index in [1.807, 2.05) is 48.4 Å². The summed E-state index contributed by atoms with van der Waals surface area (Å²) in [5.41, 5.74) is 5.20. The van der Waals surface area contributed by atoms with Gasteiger partial charge in [0.2, 0.25) is 0 Å². The maximum absolute atomic E-state index is 4.74. The van der Waals surface area contributed by atoms with Gasteiger partial charge in [0.05, 0.1) is 11.8 Å². The van der Waals surface area contributed by atoms with Gasteiger partial charge in [-0.15, -0.1) is 0 Å². The number of imidazole rings is 1. The highest BCUT2D eigenvalue weighted by molar-refractivity contribution is 5.72. The third-order valence-corrected chi connectivity index (χ3v) is 5.69. The monoisotopic (exact) mass is 387 g/mol. The Bertz CT molecular complexity index is 1130. The van der Waals surface area contributed by atoms with Crippen LogP contribution in [0.25, 0.3) is 17.0 Å². The van der Waals surface area contributed by atoms with Gasteiger partial charge in [-0.1, -0.05) is 6.07 Å². The van der Waals surface area contributed by atoms with E-state index < -0.39 is 0 Å². The van der Waals surface area contributed by atoms with E-state index in [-0.39, 0.29) is 0 Å². The molecule has 0 N–H and O–H groups in total. The Morgan fingerprint density at radius 1 is 1.17 bits per heavy atom. The van der Waals surface area contributed by atoms with Gasteiger partial charge in [-0.3, -0.25) is 9.88 Å². The zero-order valence-corrected chi connectivity index (χ0v) is 16.9. The molecule has 0 saturated carbocycles. The number of hydrogen-bond donors (Lipinski definition) is 0. The fourth-order valence-corrected chi connectivity index (χ4v) is 4.40. The van der Waals surface area contributed by atoms with Gasteiger partial charge in [0.15, 0.2) is 5.65 Å². The molecule has 148 valence electrons. The molecule has 0 aliphatic carbocycles. The number of aryl methyl sites for hydroxylation is 2. The average molecular weight is 387 g/mol. The van der Waals surface area contributed by atoms with Crippen molar-refractivity contribution in [2.24, 2.45) is 0 Å². The van der Waals surface area contributed by atoms with Crippen LogP contribution in [0, 0.1) is 13.8 Å². The molecule has 1 unspecified atom stereocenters. The molecule has 4 aromatic heterocycles. The first-order chi connectivity index (χ1) is 14.2. The van der Waals surface area contributed by atoms with Crippen LogP contribution in [0.5, 0.6) is 0 Å². The Labute approximate surface area is 170 Å². The molecular formula is C22H25N7. The number of aromatic nitrogens is 6. The summed E-state index contributed by atoms with van der Waals surface area (Å²) in [6, 6.07) is 6.59. The van der Waals surface area contributed by atoms with Gasteiger partial charge in [0.25, 0.3) is 0 Å². The topological polar surface area (TPSA) is 64.1 Å². The van der Waals surface area contributed by atoms with Crippen LogP contribution in [0.2, 0.25) is 0 Å². The number of pyridine rings is 1. The van der Waals surface area contributed by atoms with Gasteiger partial charge in [-0.2, -0.15) is 5.10 Å². The quantitative estimate of drug-likeness (QED) is 0.537. The Balaban J connectivity index is 1.45. The van der Waals surface area contributed by atoms with Crippen molar-refractivity contribution in [1.29, 1.82) is 0 Å². The molecule has 7 nitrogen and oxygen atoms in total. The van der Waals surface area contributed by atoms with Crippen molar-refractivity contribution in [3.05, 3.63) is 66.1 Å². The molecular weight excluding hydrogens is 362 g/mol. The van der Waals surface area contributed by atoms with Crippen LogP contribution in [0.3, 0.4) is 0 Å². The lowest BCUT2D eigenvalue weighted by atomic mass is 10.0. The second-order valence-electron chi connectivity index (χ2n) is 7.88. The second kappa shape index (κ2) is 7.40. The summed E-state index contributed by atoms with van der Waals surface area (Å²) in [6.45, 7) is 7.14. The SMILES string of the molecule is Cc1cc(C)n2ncc(-c3nccn3C3CCCN(Cc4cccnc4)C3)c2n1. The highest BCUT2D eigenvalue weighted by atomic mass is 15.3. The van der Waals surface area contributed by atoms with Crippen molar-refractivity contribution in [1.82, 2.24) is 34.0 Å². The molecule has 5 rings (SSSR count). The number of piperidine rings is 1. The van der Waals surface area contributed by atoms with Gasteiger partial charge < -0.3 is 4.57 Å². The highest BCUT2D eigenvalue weighted by Crippen LogP contribution is 2.30. The minimum Gasteiger partial charge on any atom is -0.326 e. The molecule has 1 saturated heterocycles. The van der Waals surface area contributed by atoms with Crippen molar-refractivity contribution in [3.63, 3.8) is 0 Å². The van der Waals surface area contributed by atoms with Crippen LogP contribution in [0.15, 0.2) is 49.2 Å². The van der Waals surface area contributed by atoms with E-state index in [0.29, 0.717) is 6.04 Å². The fourth-order valence-electron chi connectivity index (χ4n) is 4.40. The van der Waals surface area contributed by atoms with Crippen molar-refractivity contribution >= 4 is 5.65 Å². The largest absolute Gasteiger partial charge is 0.326 e. The summed E-state index contributed by atoms with van der Waals surface area (Å²) in [5, 5.41) is 4.56. The Morgan fingerprint density at radius 3 is 2.97 bits per heavy atom. The summed E-state index contributed by atoms with van der Waals surface area (Å²) in [6.07, 6.45) is 12.0. The lowest BCUT2D eigenvalue weighted by Gasteiger charge is -2.34. The maximum Gasteiger partial charge on any atom is 0.166 e. The van der Waals surface area contributed by atoms with E-state index in [0.717, 1.165) is 54.5 Å². The fraction of sp³-hybridized carbons (Fsp3) is 0.364. The van der Waals surface area contributed by atoms with E-state index in [1.54, 1.807) is 0 Å². The first kappa shape index (κ1) is 18.0. The van der Waals surface area contributed by atoms with Crippen molar-refractivity contribution in [2.45, 2.75) is 39.3 Å². The second-order valence-corrected chi connectivity index (χ2v) is 7.88. The van der Waals surface area contributed by atoms with Crippen molar-refractivity contribution in [3.8, 4) is 11.4 Å². The molecule has 0 bridgehead atoms. The lowest BCUT2D eigenvalue weighted by molar-refractivity contribution is 0.171. The summed E-state index contributed by atoms with van der Waals surface area (Å²) in [7, 11) is 0. The van der Waals surface area contributed by atoms with E-state index in [4.69, 9.17) is 9.97 Å². The minimum atomic E-state index is 0.388. The highest BCUT2D eigenvalue weighted by Gasteiger charge is 2.25. The molecule has 7 heteroatoms. The van der Waals surface area contributed by atoms with Crippen molar-refractivity contribution < 1.29 is 0 Å². The predicted octanol–water partition coefficient (Wildman–Crippen LogP) is 3.44. The van der Waals surface area contributed by atoms with Crippen LogP contribution < -0.4 is 0 Å². The summed E-state index contributed by atoms with van der Waals surface area (Å²) in [5.74, 6) is 0.950. The van der Waals surface area contributed by atoms with Crippen LogP contribution in [-0.2, 0) is 6.54 Å². The molecule has 0 amide bonds. The molecule has 1 aliphatic heterocycles. The molecule has 1 aliphatic rings. The Hall–Kier alpha value is -3.06. The molecule has 5 heterocycles. The van der Waals surface area contributed by atoms with E-state index >= 15 is 0 Å². The smallest absolute Gasteiger partial charge is 0.166 e. The minimum absolute atomic E-state index is 0.388. The Kier molecular flexibility index (Phi) is 4.60. The van der Waals surface area contributed by atoms with E-state index in [2.05, 4.69) is 38.7 Å². The number of likely N-dealkylation sites (tertiary alicyclic amines) is 1. The van der Waals surface area contributed by atoms with Crippen LogP contribution >= 0.6 is 0 Å². The standard InChI is InChI=1S/C22H25N7/c1-16-11-17(2)29-22(26-16)20(13-25-29)21-24-8-10-28(21)19-6-4-9-27(15-19)14-18-5-3-7-23-12-18/h3,5,7-8,10-13,19H,4,6,9,14-15H2,1-2H3. The van der Waals surface area contributed by atoms with E-state index in [1.165, 1.54) is 12.0 Å². The van der Waals surface area contributed by atoms with Crippen LogP contribution in [0.1, 0.15) is 35.8 Å². The van der Waals surface area contributed by atoms with Gasteiger partial charge in [-0.05, 0) is 50.9 Å². The molecule has 0 aromatic carbocycles. The number of hydrogen-bond acceptors (Lipinski definition) is 5. The Morgan fingerprint density at radius 2 is 2.10 bits per heavy atom. The molecule has 0 spiro atoms. The molecule has 29 heavy (non-hydrogen) atoms. The summed E-state index contributed by atoms with van der Waals surface area (Å²) < 4.78 is 4.21. The first-order valence-corrected chi connectivity index (χ1v) is 10.2. The van der Waals surface area contributed by atoms with Crippen LogP contribution in [0.4, 0.5) is 0 Å². The summed E-state index contributed by atoms with van der Waals surface area (Å²) >= 11 is 0.